The Morgan fingerprint density at radius 1 is 0.973 bits per heavy atom. The summed E-state index contributed by atoms with van der Waals surface area (Å²) in [6.07, 6.45) is 5.90. The van der Waals surface area contributed by atoms with Crippen LogP contribution in [0.1, 0.15) is 29.7 Å². The molecule has 2 unspecified atom stereocenters. The van der Waals surface area contributed by atoms with Gasteiger partial charge in [0.15, 0.2) is 11.5 Å². The zero-order valence-corrected chi connectivity index (χ0v) is 21.8. The Labute approximate surface area is 218 Å². The van der Waals surface area contributed by atoms with Crippen LogP contribution >= 0.6 is 0 Å². The summed E-state index contributed by atoms with van der Waals surface area (Å²) in [7, 11) is 5.32. The summed E-state index contributed by atoms with van der Waals surface area (Å²) < 4.78 is 12.8. The van der Waals surface area contributed by atoms with Gasteiger partial charge in [-0.15, -0.1) is 0 Å². The van der Waals surface area contributed by atoms with Gasteiger partial charge in [-0.2, -0.15) is 0 Å². The van der Waals surface area contributed by atoms with Crippen LogP contribution in [0.2, 0.25) is 0 Å². The second-order valence-electron chi connectivity index (χ2n) is 9.13. The van der Waals surface area contributed by atoms with Gasteiger partial charge in [-0.25, -0.2) is 4.98 Å². The van der Waals surface area contributed by atoms with Crippen LogP contribution in [0.3, 0.4) is 0 Å². The Hall–Kier alpha value is -4.10. The van der Waals surface area contributed by atoms with Crippen molar-refractivity contribution >= 4 is 11.6 Å². The molecule has 1 N–H and O–H groups in total. The van der Waals surface area contributed by atoms with Gasteiger partial charge in [0, 0.05) is 30.7 Å². The van der Waals surface area contributed by atoms with E-state index in [1.54, 1.807) is 20.4 Å². The Balaban J connectivity index is 1.45. The number of likely N-dealkylation sites (N-methyl/N-ethyl adjacent to an activating group) is 1. The van der Waals surface area contributed by atoms with E-state index in [1.807, 2.05) is 48.9 Å². The number of carbonyl (C=O) groups is 1. The molecule has 1 aromatic heterocycles. The molecule has 1 heterocycles. The molecule has 1 amide bonds. The molecule has 0 saturated heterocycles. The lowest BCUT2D eigenvalue weighted by Gasteiger charge is -2.33. The largest absolute Gasteiger partial charge is 0.493 e. The van der Waals surface area contributed by atoms with E-state index in [2.05, 4.69) is 70.1 Å². The number of hydrogen-bond acceptors (Lipinski definition) is 5. The molecule has 0 spiro atoms. The average molecular weight is 499 g/mol. The summed E-state index contributed by atoms with van der Waals surface area (Å²) in [5.41, 5.74) is 4.02. The summed E-state index contributed by atoms with van der Waals surface area (Å²) in [5, 5.41) is 3.00. The van der Waals surface area contributed by atoms with E-state index in [9.17, 15) is 4.79 Å². The molecule has 0 bridgehead atoms. The average Bonchev–Trinajstić information content (AvgIpc) is 3.44. The lowest BCUT2D eigenvalue weighted by atomic mass is 9.98. The summed E-state index contributed by atoms with van der Waals surface area (Å²) in [4.78, 5) is 19.3. The number of benzene rings is 3. The second-order valence-corrected chi connectivity index (χ2v) is 9.13. The van der Waals surface area contributed by atoms with Crippen molar-refractivity contribution in [2.75, 3.05) is 26.6 Å². The van der Waals surface area contributed by atoms with Crippen molar-refractivity contribution in [1.82, 2.24) is 14.5 Å². The van der Waals surface area contributed by atoms with Gasteiger partial charge < -0.3 is 19.4 Å². The maximum absolute atomic E-state index is 12.7. The van der Waals surface area contributed by atoms with Gasteiger partial charge in [-0.05, 0) is 54.9 Å². The number of nitrogens with zero attached hydrogens (tertiary/aromatic N) is 3. The van der Waals surface area contributed by atoms with Crippen molar-refractivity contribution in [3.05, 3.63) is 108 Å². The van der Waals surface area contributed by atoms with Crippen LogP contribution in [0.15, 0.2) is 91.5 Å². The molecule has 0 saturated carbocycles. The Kier molecular flexibility index (Phi) is 8.59. The number of hydrogen-bond donors (Lipinski definition) is 1. The number of amides is 1. The SMILES string of the molecule is COc1ccc(CC(=O)Nc2ccc(C(C(C)N(C)Cc3ccccc3)n3ccnc3)cc2)cc1OC. The van der Waals surface area contributed by atoms with E-state index in [0.29, 0.717) is 11.5 Å². The lowest BCUT2D eigenvalue weighted by molar-refractivity contribution is -0.115. The first-order valence-electron chi connectivity index (χ1n) is 12.3. The van der Waals surface area contributed by atoms with E-state index < -0.39 is 0 Å². The van der Waals surface area contributed by atoms with Crippen LogP contribution in [0, 0.1) is 0 Å². The molecule has 3 aromatic carbocycles. The first-order chi connectivity index (χ1) is 18.0. The molecule has 4 aromatic rings. The summed E-state index contributed by atoms with van der Waals surface area (Å²) >= 11 is 0. The fourth-order valence-corrected chi connectivity index (χ4v) is 4.53. The van der Waals surface area contributed by atoms with Crippen molar-refractivity contribution < 1.29 is 14.3 Å². The van der Waals surface area contributed by atoms with E-state index >= 15 is 0 Å². The molecule has 37 heavy (non-hydrogen) atoms. The third kappa shape index (κ3) is 6.57. The van der Waals surface area contributed by atoms with Crippen molar-refractivity contribution in [3.63, 3.8) is 0 Å². The molecule has 0 aliphatic heterocycles. The van der Waals surface area contributed by atoms with E-state index in [1.165, 1.54) is 5.56 Å². The number of anilines is 1. The normalized spacial score (nSPS) is 12.7. The van der Waals surface area contributed by atoms with Gasteiger partial charge in [-0.3, -0.25) is 9.69 Å². The highest BCUT2D eigenvalue weighted by Gasteiger charge is 2.24. The molecular weight excluding hydrogens is 464 g/mol. The van der Waals surface area contributed by atoms with E-state index in [-0.39, 0.29) is 24.4 Å². The van der Waals surface area contributed by atoms with Crippen LogP contribution < -0.4 is 14.8 Å². The summed E-state index contributed by atoms with van der Waals surface area (Å²) in [6, 6.07) is 24.3. The van der Waals surface area contributed by atoms with Crippen LogP contribution in [0.4, 0.5) is 5.69 Å². The van der Waals surface area contributed by atoms with Crippen molar-refractivity contribution in [2.24, 2.45) is 0 Å². The van der Waals surface area contributed by atoms with Gasteiger partial charge >= 0.3 is 0 Å². The summed E-state index contributed by atoms with van der Waals surface area (Å²) in [5.74, 6) is 1.15. The minimum atomic E-state index is -0.0953. The van der Waals surface area contributed by atoms with E-state index in [4.69, 9.17) is 9.47 Å². The lowest BCUT2D eigenvalue weighted by Crippen LogP contribution is -2.36. The zero-order valence-electron chi connectivity index (χ0n) is 21.8. The van der Waals surface area contributed by atoms with Gasteiger partial charge in [-0.1, -0.05) is 48.5 Å². The minimum absolute atomic E-state index is 0.0627. The number of nitrogens with one attached hydrogen (secondary N) is 1. The maximum atomic E-state index is 12.7. The van der Waals surface area contributed by atoms with Crippen LogP contribution in [0.5, 0.6) is 11.5 Å². The van der Waals surface area contributed by atoms with E-state index in [0.717, 1.165) is 23.4 Å². The number of carbonyl (C=O) groups excluding carboxylic acids is 1. The molecule has 7 nitrogen and oxygen atoms in total. The maximum Gasteiger partial charge on any atom is 0.228 e. The molecule has 0 aliphatic rings. The predicted octanol–water partition coefficient (Wildman–Crippen LogP) is 5.19. The quantitative estimate of drug-likeness (QED) is 0.308. The molecule has 192 valence electrons. The third-order valence-electron chi connectivity index (χ3n) is 6.62. The second kappa shape index (κ2) is 12.2. The number of imidazole rings is 1. The van der Waals surface area contributed by atoms with Crippen LogP contribution in [-0.4, -0.2) is 47.7 Å². The monoisotopic (exact) mass is 498 g/mol. The molecular formula is C30H34N4O3. The Bertz CT molecular complexity index is 1270. The summed E-state index contributed by atoms with van der Waals surface area (Å²) in [6.45, 7) is 3.07. The molecule has 4 rings (SSSR count). The highest BCUT2D eigenvalue weighted by Crippen LogP contribution is 2.29. The van der Waals surface area contributed by atoms with Gasteiger partial charge in [0.1, 0.15) is 0 Å². The smallest absolute Gasteiger partial charge is 0.228 e. The van der Waals surface area contributed by atoms with Crippen molar-refractivity contribution in [3.8, 4) is 11.5 Å². The first kappa shape index (κ1) is 26.0. The fourth-order valence-electron chi connectivity index (χ4n) is 4.53. The highest BCUT2D eigenvalue weighted by molar-refractivity contribution is 5.92. The van der Waals surface area contributed by atoms with Gasteiger partial charge in [0.05, 0.1) is 33.0 Å². The first-order valence-corrected chi connectivity index (χ1v) is 12.3. The van der Waals surface area contributed by atoms with Crippen LogP contribution in [-0.2, 0) is 17.8 Å². The zero-order chi connectivity index (χ0) is 26.2. The number of aromatic nitrogens is 2. The van der Waals surface area contributed by atoms with Gasteiger partial charge in [0.2, 0.25) is 5.91 Å². The molecule has 0 radical (unpaired) electrons. The Morgan fingerprint density at radius 3 is 2.35 bits per heavy atom. The van der Waals surface area contributed by atoms with Gasteiger partial charge in [0.25, 0.3) is 0 Å². The third-order valence-corrected chi connectivity index (χ3v) is 6.62. The molecule has 7 heteroatoms. The Morgan fingerprint density at radius 2 is 1.70 bits per heavy atom. The van der Waals surface area contributed by atoms with Crippen molar-refractivity contribution in [2.45, 2.75) is 32.0 Å². The number of methoxy groups -OCH3 is 2. The molecule has 2 atom stereocenters. The molecule has 0 aliphatic carbocycles. The van der Waals surface area contributed by atoms with Crippen LogP contribution in [0.25, 0.3) is 0 Å². The predicted molar refractivity (Wildman–Crippen MR) is 146 cm³/mol. The van der Waals surface area contributed by atoms with Crippen molar-refractivity contribution in [1.29, 1.82) is 0 Å². The highest BCUT2D eigenvalue weighted by atomic mass is 16.5. The standard InChI is InChI=1S/C30H34N4O3/c1-22(33(2)20-23-8-6-5-7-9-23)30(34-17-16-31-21-34)25-11-13-26(14-12-25)32-29(35)19-24-10-15-27(36-3)28(18-24)37-4/h5-18,21-22,30H,19-20H2,1-4H3,(H,32,35). The minimum Gasteiger partial charge on any atom is -0.493 e. The molecule has 0 fully saturated rings. The number of rotatable bonds is 11. The topological polar surface area (TPSA) is 68.6 Å². The number of ether oxygens (including phenoxy) is 2. The fraction of sp³-hybridized carbons (Fsp3) is 0.267.